The fourth-order valence-electron chi connectivity index (χ4n) is 3.49. The van der Waals surface area contributed by atoms with Gasteiger partial charge in [0.15, 0.2) is 0 Å². The number of halogens is 1. The molecule has 1 heterocycles. The molecule has 0 fully saturated rings. The van der Waals surface area contributed by atoms with Crippen molar-refractivity contribution < 1.29 is 19.2 Å². The molecule has 8 heteroatoms. The molecule has 0 saturated carbocycles. The van der Waals surface area contributed by atoms with E-state index < -0.39 is 22.9 Å². The first-order valence-electron chi connectivity index (χ1n) is 9.47. The topological polar surface area (TPSA) is 98.5 Å². The van der Waals surface area contributed by atoms with Gasteiger partial charge in [0.05, 0.1) is 10.5 Å². The number of nitro groups is 1. The minimum absolute atomic E-state index is 0.108. The van der Waals surface area contributed by atoms with Gasteiger partial charge in [-0.25, -0.2) is 4.79 Å². The first-order valence-corrected chi connectivity index (χ1v) is 9.85. The Balaban J connectivity index is 1.60. The number of esters is 1. The highest BCUT2D eigenvalue weighted by atomic mass is 35.5. The number of hydrogen-bond acceptors (Lipinski definition) is 5. The summed E-state index contributed by atoms with van der Waals surface area (Å²) < 4.78 is 5.53. The van der Waals surface area contributed by atoms with E-state index in [9.17, 15) is 19.7 Å². The molecule has 4 rings (SSSR count). The SMILES string of the molecule is Cc1ccc(NC(=O)c2ccc3c(c2)C[C@@H](c2ccc(Cl)cc2)OC3=O)c([N+](=O)[O-])c1. The van der Waals surface area contributed by atoms with E-state index in [1.54, 1.807) is 43.3 Å². The minimum atomic E-state index is -0.539. The molecule has 0 spiro atoms. The second kappa shape index (κ2) is 8.20. The highest BCUT2D eigenvalue weighted by Crippen LogP contribution is 2.32. The van der Waals surface area contributed by atoms with Gasteiger partial charge >= 0.3 is 5.97 Å². The smallest absolute Gasteiger partial charge is 0.339 e. The average molecular weight is 437 g/mol. The standard InChI is InChI=1S/C23H17ClN2O5/c1-13-2-9-19(20(10-13)26(29)30)25-22(27)15-5-8-18-16(11-15)12-21(31-23(18)28)14-3-6-17(24)7-4-14/h2-11,21H,12H2,1H3,(H,25,27)/t21-/m0/s1. The van der Waals surface area contributed by atoms with Crippen molar-refractivity contribution >= 4 is 34.9 Å². The van der Waals surface area contributed by atoms with Gasteiger partial charge in [0.1, 0.15) is 11.8 Å². The number of ether oxygens (including phenoxy) is 1. The van der Waals surface area contributed by atoms with Crippen molar-refractivity contribution in [2.75, 3.05) is 5.32 Å². The monoisotopic (exact) mass is 436 g/mol. The van der Waals surface area contributed by atoms with Crippen molar-refractivity contribution in [2.45, 2.75) is 19.4 Å². The molecule has 0 aromatic heterocycles. The predicted octanol–water partition coefficient (Wildman–Crippen LogP) is 5.26. The lowest BCUT2D eigenvalue weighted by Crippen LogP contribution is -2.23. The Morgan fingerprint density at radius 3 is 2.58 bits per heavy atom. The van der Waals surface area contributed by atoms with Crippen LogP contribution in [0.4, 0.5) is 11.4 Å². The number of aryl methyl sites for hydroxylation is 1. The highest BCUT2D eigenvalue weighted by Gasteiger charge is 2.28. The molecule has 3 aromatic rings. The van der Waals surface area contributed by atoms with Crippen molar-refractivity contribution in [1.29, 1.82) is 0 Å². The van der Waals surface area contributed by atoms with Crippen LogP contribution in [0.15, 0.2) is 60.7 Å². The Kier molecular flexibility index (Phi) is 5.44. The molecular weight excluding hydrogens is 420 g/mol. The van der Waals surface area contributed by atoms with Gasteiger partial charge in [0.2, 0.25) is 0 Å². The Morgan fingerprint density at radius 1 is 1.13 bits per heavy atom. The summed E-state index contributed by atoms with van der Waals surface area (Å²) in [4.78, 5) is 36.0. The molecule has 1 aliphatic heterocycles. The second-order valence-corrected chi connectivity index (χ2v) is 7.69. The van der Waals surface area contributed by atoms with Gasteiger partial charge in [0, 0.05) is 23.1 Å². The third-order valence-corrected chi connectivity index (χ3v) is 5.33. The molecule has 0 unspecified atom stereocenters. The summed E-state index contributed by atoms with van der Waals surface area (Å²) in [5.74, 6) is -0.973. The van der Waals surface area contributed by atoms with E-state index in [4.69, 9.17) is 16.3 Å². The van der Waals surface area contributed by atoms with Crippen LogP contribution in [0.25, 0.3) is 0 Å². The second-order valence-electron chi connectivity index (χ2n) is 7.25. The lowest BCUT2D eigenvalue weighted by atomic mass is 9.93. The molecule has 3 aromatic carbocycles. The van der Waals surface area contributed by atoms with Crippen LogP contribution in [-0.2, 0) is 11.2 Å². The molecule has 0 aliphatic carbocycles. The van der Waals surface area contributed by atoms with E-state index in [1.807, 2.05) is 0 Å². The number of nitrogens with one attached hydrogen (secondary N) is 1. The highest BCUT2D eigenvalue weighted by molar-refractivity contribution is 6.30. The third kappa shape index (κ3) is 4.27. The summed E-state index contributed by atoms with van der Waals surface area (Å²) in [5.41, 5.74) is 2.79. The largest absolute Gasteiger partial charge is 0.454 e. The van der Waals surface area contributed by atoms with Crippen molar-refractivity contribution in [3.63, 3.8) is 0 Å². The van der Waals surface area contributed by atoms with Gasteiger partial charge < -0.3 is 10.1 Å². The lowest BCUT2D eigenvalue weighted by Gasteiger charge is -2.25. The fraction of sp³-hybridized carbons (Fsp3) is 0.130. The Morgan fingerprint density at radius 2 is 1.87 bits per heavy atom. The molecule has 0 bridgehead atoms. The first-order chi connectivity index (χ1) is 14.8. The molecule has 156 valence electrons. The molecule has 1 amide bonds. The Hall–Kier alpha value is -3.71. The van der Waals surface area contributed by atoms with Crippen molar-refractivity contribution in [3.05, 3.63) is 104 Å². The van der Waals surface area contributed by atoms with E-state index in [0.29, 0.717) is 28.1 Å². The summed E-state index contributed by atoms with van der Waals surface area (Å²) in [5, 5.41) is 14.5. The van der Waals surface area contributed by atoms with Crippen LogP contribution in [0.3, 0.4) is 0 Å². The van der Waals surface area contributed by atoms with Gasteiger partial charge in [-0.15, -0.1) is 0 Å². The van der Waals surface area contributed by atoms with Crippen LogP contribution in [-0.4, -0.2) is 16.8 Å². The number of benzene rings is 3. The number of cyclic esters (lactones) is 1. The van der Waals surface area contributed by atoms with Crippen LogP contribution < -0.4 is 5.32 Å². The van der Waals surface area contributed by atoms with Crippen LogP contribution in [0.5, 0.6) is 0 Å². The molecule has 0 radical (unpaired) electrons. The van der Waals surface area contributed by atoms with E-state index in [2.05, 4.69) is 5.32 Å². The summed E-state index contributed by atoms with van der Waals surface area (Å²) in [6.07, 6.45) is -0.0946. The maximum Gasteiger partial charge on any atom is 0.339 e. The van der Waals surface area contributed by atoms with Crippen LogP contribution in [0, 0.1) is 17.0 Å². The van der Waals surface area contributed by atoms with Gasteiger partial charge in [-0.05, 0) is 60.0 Å². The van der Waals surface area contributed by atoms with Crippen LogP contribution in [0.2, 0.25) is 5.02 Å². The third-order valence-electron chi connectivity index (χ3n) is 5.08. The quantitative estimate of drug-likeness (QED) is 0.341. The molecule has 7 nitrogen and oxygen atoms in total. The van der Waals surface area contributed by atoms with Gasteiger partial charge in [-0.3, -0.25) is 14.9 Å². The zero-order valence-corrected chi connectivity index (χ0v) is 17.2. The Bertz CT molecular complexity index is 1210. The minimum Gasteiger partial charge on any atom is -0.454 e. The summed E-state index contributed by atoms with van der Waals surface area (Å²) in [6.45, 7) is 1.73. The first kappa shape index (κ1) is 20.6. The lowest BCUT2D eigenvalue weighted by molar-refractivity contribution is -0.384. The van der Waals surface area contributed by atoms with Gasteiger partial charge in [-0.2, -0.15) is 0 Å². The van der Waals surface area contributed by atoms with E-state index in [-0.39, 0.29) is 16.9 Å². The van der Waals surface area contributed by atoms with E-state index in [0.717, 1.165) is 5.56 Å². The van der Waals surface area contributed by atoms with Crippen molar-refractivity contribution in [1.82, 2.24) is 0 Å². The number of nitrogens with zero attached hydrogens (tertiary/aromatic N) is 1. The van der Waals surface area contributed by atoms with Gasteiger partial charge in [-0.1, -0.05) is 29.8 Å². The van der Waals surface area contributed by atoms with E-state index >= 15 is 0 Å². The summed E-state index contributed by atoms with van der Waals surface area (Å²) in [7, 11) is 0. The number of hydrogen-bond donors (Lipinski definition) is 1. The number of anilines is 1. The number of nitro benzene ring substituents is 1. The zero-order valence-electron chi connectivity index (χ0n) is 16.4. The average Bonchev–Trinajstić information content (AvgIpc) is 2.74. The maximum absolute atomic E-state index is 12.8. The number of carbonyl (C=O) groups excluding carboxylic acids is 2. The van der Waals surface area contributed by atoms with Crippen LogP contribution >= 0.6 is 11.6 Å². The molecule has 1 atom stereocenters. The fourth-order valence-corrected chi connectivity index (χ4v) is 3.62. The van der Waals surface area contributed by atoms with Crippen molar-refractivity contribution in [2.24, 2.45) is 0 Å². The number of carbonyl (C=O) groups is 2. The molecule has 1 N–H and O–H groups in total. The summed E-state index contributed by atoms with van der Waals surface area (Å²) >= 11 is 5.93. The van der Waals surface area contributed by atoms with Crippen molar-refractivity contribution in [3.8, 4) is 0 Å². The number of amides is 1. The molecule has 31 heavy (non-hydrogen) atoms. The molecule has 1 aliphatic rings. The number of rotatable bonds is 4. The normalized spacial score (nSPS) is 15.0. The predicted molar refractivity (Wildman–Crippen MR) is 116 cm³/mol. The molecule has 0 saturated heterocycles. The molecular formula is C23H17ClN2O5. The van der Waals surface area contributed by atoms with Crippen LogP contribution in [0.1, 0.15) is 43.5 Å². The zero-order chi connectivity index (χ0) is 22.1. The maximum atomic E-state index is 12.8. The summed E-state index contributed by atoms with van der Waals surface area (Å²) in [6, 6.07) is 16.3. The number of fused-ring (bicyclic) bond motifs is 1. The van der Waals surface area contributed by atoms with E-state index in [1.165, 1.54) is 24.3 Å². The Labute approximate surface area is 182 Å². The van der Waals surface area contributed by atoms with Gasteiger partial charge in [0.25, 0.3) is 11.6 Å².